The molecule has 1 amide bonds. The molecule has 6 unspecified atom stereocenters. The number of esters is 3. The average Bonchev–Trinajstić information content (AvgIpc) is 2.86. The molecule has 1 rings (SSSR count). The highest BCUT2D eigenvalue weighted by Gasteiger charge is 2.51. The van der Waals surface area contributed by atoms with Crippen LogP contribution in [0.2, 0.25) is 0 Å². The second kappa shape index (κ2) is 19.7. The molecule has 1 N–H and O–H groups in total. The number of nitrogens with zero attached hydrogens (tertiary/aromatic N) is 2. The Bertz CT molecular complexity index is 906. The van der Waals surface area contributed by atoms with Crippen LogP contribution in [0.15, 0.2) is 0 Å². The molecule has 0 spiro atoms. The van der Waals surface area contributed by atoms with E-state index < -0.39 is 63.0 Å². The normalized spacial score (nSPS) is 22.9. The SMILES string of the molecule is CC(=O)NC1C(OCCCCOP(OCCC#N)N(C(C)C)C(C)C)OC(COC(C)=O)C(OC(C)=O)C1OC(C)=O. The van der Waals surface area contributed by atoms with Gasteiger partial charge in [-0.2, -0.15) is 5.26 Å². The highest BCUT2D eigenvalue weighted by atomic mass is 31.2. The van der Waals surface area contributed by atoms with Crippen LogP contribution >= 0.6 is 8.53 Å². The minimum Gasteiger partial charge on any atom is -0.463 e. The van der Waals surface area contributed by atoms with Gasteiger partial charge >= 0.3 is 17.9 Å². The maximum Gasteiger partial charge on any atom is 0.303 e. The molecule has 1 heterocycles. The van der Waals surface area contributed by atoms with Crippen molar-refractivity contribution in [3.63, 3.8) is 0 Å². The summed E-state index contributed by atoms with van der Waals surface area (Å²) in [7, 11) is -1.37. The number of rotatable bonds is 18. The van der Waals surface area contributed by atoms with E-state index in [0.29, 0.717) is 19.4 Å². The van der Waals surface area contributed by atoms with Crippen LogP contribution < -0.4 is 5.32 Å². The van der Waals surface area contributed by atoms with Gasteiger partial charge in [0.1, 0.15) is 18.8 Å². The summed E-state index contributed by atoms with van der Waals surface area (Å²) in [5.41, 5.74) is 0. The third-order valence-electron chi connectivity index (χ3n) is 5.76. The Kier molecular flexibility index (Phi) is 17.7. The fourth-order valence-corrected chi connectivity index (χ4v) is 5.92. The van der Waals surface area contributed by atoms with Gasteiger partial charge < -0.3 is 38.0 Å². The highest BCUT2D eigenvalue weighted by molar-refractivity contribution is 7.44. The van der Waals surface area contributed by atoms with Gasteiger partial charge in [0.25, 0.3) is 8.53 Å². The minimum absolute atomic E-state index is 0.177. The topological polar surface area (TPSA) is 172 Å². The van der Waals surface area contributed by atoms with E-state index in [2.05, 4.69) is 43.8 Å². The molecule has 15 heteroatoms. The molecular formula is C27H46N3O11P. The lowest BCUT2D eigenvalue weighted by Crippen LogP contribution is -2.66. The first-order valence-corrected chi connectivity index (χ1v) is 15.1. The lowest BCUT2D eigenvalue weighted by Gasteiger charge is -2.44. The number of ether oxygens (including phenoxy) is 5. The van der Waals surface area contributed by atoms with Crippen LogP contribution in [0.1, 0.15) is 74.7 Å². The van der Waals surface area contributed by atoms with Gasteiger partial charge in [-0.25, -0.2) is 4.67 Å². The Morgan fingerprint density at radius 3 is 1.98 bits per heavy atom. The molecule has 0 aromatic heterocycles. The van der Waals surface area contributed by atoms with Crippen LogP contribution in [0.25, 0.3) is 0 Å². The largest absolute Gasteiger partial charge is 0.463 e. The van der Waals surface area contributed by atoms with Crippen molar-refractivity contribution in [3.8, 4) is 6.07 Å². The number of carbonyl (C=O) groups excluding carboxylic acids is 4. The lowest BCUT2D eigenvalue weighted by atomic mass is 9.96. The van der Waals surface area contributed by atoms with Crippen LogP contribution in [-0.4, -0.2) is 97.6 Å². The summed E-state index contributed by atoms with van der Waals surface area (Å²) in [4.78, 5) is 47.4. The van der Waals surface area contributed by atoms with Gasteiger partial charge in [-0.3, -0.25) is 19.2 Å². The number of amides is 1. The smallest absolute Gasteiger partial charge is 0.303 e. The molecule has 240 valence electrons. The standard InChI is InChI=1S/C27H46N3O11P/c1-17(2)30(18(3)4)42(38-15-11-12-28)37-14-10-9-13-35-27-24(29-19(5)31)26(40-22(8)34)25(39-21(7)33)23(41-27)16-36-20(6)32/h17-18,23-27H,9-11,13-16H2,1-8H3,(H,29,31). The predicted molar refractivity (Wildman–Crippen MR) is 150 cm³/mol. The molecule has 0 aromatic carbocycles. The van der Waals surface area contributed by atoms with Crippen molar-refractivity contribution in [3.05, 3.63) is 0 Å². The van der Waals surface area contributed by atoms with Gasteiger partial charge in [0.15, 0.2) is 18.5 Å². The number of nitrogens with one attached hydrogen (secondary N) is 1. The van der Waals surface area contributed by atoms with Crippen LogP contribution in [0.3, 0.4) is 0 Å². The second-order valence-corrected chi connectivity index (χ2v) is 11.6. The first-order valence-electron chi connectivity index (χ1n) is 14.0. The number of unbranched alkanes of at least 4 members (excludes halogenated alkanes) is 1. The summed E-state index contributed by atoms with van der Waals surface area (Å²) in [6.45, 7) is 13.6. The fraction of sp³-hybridized carbons (Fsp3) is 0.815. The second-order valence-electron chi connectivity index (χ2n) is 10.2. The Hall–Kier alpha value is -2.40. The molecule has 0 aromatic rings. The molecule has 14 nitrogen and oxygen atoms in total. The van der Waals surface area contributed by atoms with E-state index in [1.54, 1.807) is 0 Å². The lowest BCUT2D eigenvalue weighted by molar-refractivity contribution is -0.277. The monoisotopic (exact) mass is 619 g/mol. The van der Waals surface area contributed by atoms with E-state index in [4.69, 9.17) is 38.0 Å². The van der Waals surface area contributed by atoms with Crippen molar-refractivity contribution < 1.29 is 51.9 Å². The van der Waals surface area contributed by atoms with Crippen molar-refractivity contribution in [1.82, 2.24) is 9.99 Å². The zero-order valence-electron chi connectivity index (χ0n) is 25.8. The Morgan fingerprint density at radius 1 is 0.881 bits per heavy atom. The number of nitriles is 1. The quantitative estimate of drug-likeness (QED) is 0.103. The van der Waals surface area contributed by atoms with E-state index in [0.717, 1.165) is 0 Å². The molecule has 0 saturated carbocycles. The molecule has 42 heavy (non-hydrogen) atoms. The van der Waals surface area contributed by atoms with Crippen molar-refractivity contribution in [1.29, 1.82) is 5.26 Å². The Morgan fingerprint density at radius 2 is 1.45 bits per heavy atom. The maximum absolute atomic E-state index is 12.1. The van der Waals surface area contributed by atoms with Crippen molar-refractivity contribution >= 4 is 32.3 Å². The third kappa shape index (κ3) is 13.7. The molecule has 1 saturated heterocycles. The van der Waals surface area contributed by atoms with Gasteiger partial charge in [-0.1, -0.05) is 0 Å². The third-order valence-corrected chi connectivity index (χ3v) is 7.86. The van der Waals surface area contributed by atoms with Gasteiger partial charge in [0.2, 0.25) is 5.91 Å². The van der Waals surface area contributed by atoms with Crippen LogP contribution in [0.4, 0.5) is 0 Å². The number of hydrogen-bond acceptors (Lipinski definition) is 13. The fourth-order valence-electron chi connectivity index (χ4n) is 4.29. The minimum atomic E-state index is -1.37. The van der Waals surface area contributed by atoms with Gasteiger partial charge in [-0.15, -0.1) is 0 Å². The maximum atomic E-state index is 12.1. The van der Waals surface area contributed by atoms with Gasteiger partial charge in [0, 0.05) is 46.4 Å². The van der Waals surface area contributed by atoms with E-state index in [1.807, 2.05) is 0 Å². The van der Waals surface area contributed by atoms with E-state index in [9.17, 15) is 19.2 Å². The molecule has 0 bridgehead atoms. The molecular weight excluding hydrogens is 573 g/mol. The number of carbonyl (C=O) groups is 4. The molecule has 6 atom stereocenters. The summed E-state index contributed by atoms with van der Waals surface area (Å²) in [5, 5.41) is 11.5. The van der Waals surface area contributed by atoms with E-state index >= 15 is 0 Å². The number of hydrogen-bond donors (Lipinski definition) is 1. The molecule has 0 aliphatic carbocycles. The summed E-state index contributed by atoms with van der Waals surface area (Å²) in [6, 6.07) is 1.41. The van der Waals surface area contributed by atoms with Crippen molar-refractivity contribution in [2.24, 2.45) is 0 Å². The van der Waals surface area contributed by atoms with Crippen LogP contribution in [0, 0.1) is 11.3 Å². The summed E-state index contributed by atoms with van der Waals surface area (Å²) < 4.78 is 42.0. The zero-order valence-corrected chi connectivity index (χ0v) is 26.7. The van der Waals surface area contributed by atoms with Crippen molar-refractivity contribution in [2.45, 2.75) is 117 Å². The van der Waals surface area contributed by atoms with E-state index in [-0.39, 0.29) is 38.3 Å². The highest BCUT2D eigenvalue weighted by Crippen LogP contribution is 2.46. The summed E-state index contributed by atoms with van der Waals surface area (Å²) in [5.74, 6) is -2.40. The first-order chi connectivity index (χ1) is 19.8. The molecule has 1 fully saturated rings. The van der Waals surface area contributed by atoms with E-state index in [1.165, 1.54) is 27.7 Å². The van der Waals surface area contributed by atoms with Gasteiger partial charge in [0.05, 0.1) is 25.7 Å². The van der Waals surface area contributed by atoms with Crippen LogP contribution in [0.5, 0.6) is 0 Å². The average molecular weight is 620 g/mol. The summed E-state index contributed by atoms with van der Waals surface area (Å²) in [6.07, 6.45) is -3.10. The Balaban J connectivity index is 2.94. The van der Waals surface area contributed by atoms with Crippen molar-refractivity contribution in [2.75, 3.05) is 26.4 Å². The Labute approximate surface area is 249 Å². The molecule has 1 aliphatic rings. The summed E-state index contributed by atoms with van der Waals surface area (Å²) >= 11 is 0. The van der Waals surface area contributed by atoms with Crippen LogP contribution in [-0.2, 0) is 51.9 Å². The van der Waals surface area contributed by atoms with Gasteiger partial charge in [-0.05, 0) is 40.5 Å². The predicted octanol–water partition coefficient (Wildman–Crippen LogP) is 2.73. The zero-order chi connectivity index (χ0) is 31.8. The molecule has 1 aliphatic heterocycles. The first kappa shape index (κ1) is 37.6. The molecule has 0 radical (unpaired) electrons.